The summed E-state index contributed by atoms with van der Waals surface area (Å²) >= 11 is 0. The molecule has 0 rings (SSSR count). The molecule has 0 saturated heterocycles. The molecule has 0 radical (unpaired) electrons. The molecule has 0 aromatic heterocycles. The van der Waals surface area contributed by atoms with E-state index in [1.165, 1.54) is 44.9 Å². The molecule has 0 bridgehead atoms. The Morgan fingerprint density at radius 1 is 0.786 bits per heavy atom. The zero-order chi connectivity index (χ0) is 10.6. The molecule has 84 valence electrons. The van der Waals surface area contributed by atoms with Crippen molar-refractivity contribution in [2.45, 2.75) is 78.1 Å². The van der Waals surface area contributed by atoms with Gasteiger partial charge in [0.1, 0.15) is 5.78 Å². The largest absolute Gasteiger partial charge is 0.300 e. The third kappa shape index (κ3) is 9.76. The van der Waals surface area contributed by atoms with Crippen LogP contribution in [-0.4, -0.2) is 5.78 Å². The van der Waals surface area contributed by atoms with E-state index in [0.717, 1.165) is 19.3 Å². The zero-order valence-corrected chi connectivity index (χ0v) is 9.98. The van der Waals surface area contributed by atoms with Gasteiger partial charge in [0.15, 0.2) is 0 Å². The summed E-state index contributed by atoms with van der Waals surface area (Å²) in [6, 6.07) is 0. The summed E-state index contributed by atoms with van der Waals surface area (Å²) in [4.78, 5) is 11.0. The summed E-state index contributed by atoms with van der Waals surface area (Å²) < 4.78 is 0. The number of unbranched alkanes of at least 4 members (excludes halogenated alkanes) is 7. The summed E-state index contributed by atoms with van der Waals surface area (Å²) in [6.07, 6.45) is 12.1. The highest BCUT2D eigenvalue weighted by molar-refractivity contribution is 5.77. The molecular weight excluding hydrogens is 172 g/mol. The van der Waals surface area contributed by atoms with E-state index < -0.39 is 0 Å². The summed E-state index contributed by atoms with van der Waals surface area (Å²) in [6.45, 7) is 4.20. The van der Waals surface area contributed by atoms with Crippen LogP contribution in [0.4, 0.5) is 0 Å². The van der Waals surface area contributed by atoms with Gasteiger partial charge in [-0.05, 0) is 6.42 Å². The lowest BCUT2D eigenvalue weighted by atomic mass is 10.1. The van der Waals surface area contributed by atoms with Crippen molar-refractivity contribution in [3.63, 3.8) is 0 Å². The summed E-state index contributed by atoms with van der Waals surface area (Å²) in [7, 11) is 0. The van der Waals surface area contributed by atoms with Crippen LogP contribution in [0.5, 0.6) is 0 Å². The van der Waals surface area contributed by atoms with E-state index in [-0.39, 0.29) is 0 Å². The molecule has 0 heterocycles. The van der Waals surface area contributed by atoms with Crippen LogP contribution in [0.25, 0.3) is 0 Å². The maximum Gasteiger partial charge on any atom is 0.132 e. The van der Waals surface area contributed by atoms with Crippen molar-refractivity contribution >= 4 is 5.78 Å². The van der Waals surface area contributed by atoms with Crippen LogP contribution in [0.1, 0.15) is 78.1 Å². The van der Waals surface area contributed by atoms with Gasteiger partial charge in [0.2, 0.25) is 0 Å². The molecule has 0 amide bonds. The monoisotopic (exact) mass is 198 g/mol. The van der Waals surface area contributed by atoms with Gasteiger partial charge in [-0.15, -0.1) is 0 Å². The Labute approximate surface area is 89.3 Å². The lowest BCUT2D eigenvalue weighted by Crippen LogP contribution is -1.94. The van der Waals surface area contributed by atoms with Crippen LogP contribution in [0.2, 0.25) is 0 Å². The van der Waals surface area contributed by atoms with Gasteiger partial charge in [-0.25, -0.2) is 0 Å². The smallest absolute Gasteiger partial charge is 0.132 e. The third-order valence-corrected chi connectivity index (χ3v) is 2.70. The molecule has 1 nitrogen and oxygen atoms in total. The average Bonchev–Trinajstić information content (AvgIpc) is 2.21. The Hall–Kier alpha value is -0.330. The summed E-state index contributed by atoms with van der Waals surface area (Å²) in [5, 5.41) is 0. The van der Waals surface area contributed by atoms with Crippen molar-refractivity contribution < 1.29 is 4.79 Å². The predicted octanol–water partition coefficient (Wildman–Crippen LogP) is 4.50. The van der Waals surface area contributed by atoms with Gasteiger partial charge in [-0.3, -0.25) is 4.79 Å². The summed E-state index contributed by atoms with van der Waals surface area (Å²) in [5.74, 6) is 0.427. The molecule has 0 unspecified atom stereocenters. The highest BCUT2D eigenvalue weighted by Crippen LogP contribution is 2.09. The first kappa shape index (κ1) is 13.7. The van der Waals surface area contributed by atoms with Crippen LogP contribution < -0.4 is 0 Å². The Balaban J connectivity index is 2.95. The average molecular weight is 198 g/mol. The molecule has 0 aliphatic rings. The van der Waals surface area contributed by atoms with Crippen molar-refractivity contribution in [1.29, 1.82) is 0 Å². The van der Waals surface area contributed by atoms with E-state index >= 15 is 0 Å². The highest BCUT2D eigenvalue weighted by atomic mass is 16.1. The number of hydrogen-bond donors (Lipinski definition) is 0. The second-order valence-electron chi connectivity index (χ2n) is 4.12. The van der Waals surface area contributed by atoms with Gasteiger partial charge in [0.25, 0.3) is 0 Å². The first-order chi connectivity index (χ1) is 6.81. The van der Waals surface area contributed by atoms with E-state index in [1.54, 1.807) is 0 Å². The van der Waals surface area contributed by atoms with E-state index in [2.05, 4.69) is 6.92 Å². The van der Waals surface area contributed by atoms with E-state index in [4.69, 9.17) is 0 Å². The van der Waals surface area contributed by atoms with Crippen molar-refractivity contribution in [3.05, 3.63) is 0 Å². The van der Waals surface area contributed by atoms with Crippen LogP contribution in [0.15, 0.2) is 0 Å². The van der Waals surface area contributed by atoms with E-state index in [0.29, 0.717) is 5.78 Å². The van der Waals surface area contributed by atoms with Crippen molar-refractivity contribution in [1.82, 2.24) is 0 Å². The van der Waals surface area contributed by atoms with Crippen molar-refractivity contribution in [3.8, 4) is 0 Å². The number of carbonyl (C=O) groups is 1. The number of carbonyl (C=O) groups excluding carboxylic acids is 1. The van der Waals surface area contributed by atoms with Gasteiger partial charge in [0, 0.05) is 12.8 Å². The zero-order valence-electron chi connectivity index (χ0n) is 9.98. The second kappa shape index (κ2) is 10.7. The topological polar surface area (TPSA) is 17.1 Å². The van der Waals surface area contributed by atoms with Gasteiger partial charge in [-0.2, -0.15) is 0 Å². The SMILES string of the molecule is CCCCCCCCCCC(=O)CC. The standard InChI is InChI=1S/C13H26O/c1-3-5-6-7-8-9-10-11-12-13(14)4-2/h3-12H2,1-2H3. The molecule has 0 aliphatic heterocycles. The van der Waals surface area contributed by atoms with Crippen molar-refractivity contribution in [2.75, 3.05) is 0 Å². The minimum absolute atomic E-state index is 0.427. The van der Waals surface area contributed by atoms with Gasteiger partial charge >= 0.3 is 0 Å². The molecule has 0 aliphatic carbocycles. The molecular formula is C13H26O. The summed E-state index contributed by atoms with van der Waals surface area (Å²) in [5.41, 5.74) is 0. The van der Waals surface area contributed by atoms with E-state index in [9.17, 15) is 4.79 Å². The molecule has 0 aromatic rings. The minimum atomic E-state index is 0.427. The van der Waals surface area contributed by atoms with Crippen LogP contribution in [0, 0.1) is 0 Å². The van der Waals surface area contributed by atoms with Crippen LogP contribution in [0.3, 0.4) is 0 Å². The van der Waals surface area contributed by atoms with Gasteiger partial charge < -0.3 is 0 Å². The lowest BCUT2D eigenvalue weighted by molar-refractivity contribution is -0.118. The Morgan fingerprint density at radius 2 is 1.29 bits per heavy atom. The quantitative estimate of drug-likeness (QED) is 0.472. The Morgan fingerprint density at radius 3 is 1.79 bits per heavy atom. The van der Waals surface area contributed by atoms with Gasteiger partial charge in [0.05, 0.1) is 0 Å². The molecule has 0 saturated carbocycles. The fraction of sp³-hybridized carbons (Fsp3) is 0.923. The molecule has 0 N–H and O–H groups in total. The molecule has 1 heteroatoms. The molecule has 0 fully saturated rings. The number of hydrogen-bond acceptors (Lipinski definition) is 1. The number of Topliss-reactive ketones (excluding diaryl/α,β-unsaturated/α-hetero) is 1. The first-order valence-corrected chi connectivity index (χ1v) is 6.33. The van der Waals surface area contributed by atoms with Crippen LogP contribution in [-0.2, 0) is 4.79 Å². The maximum absolute atomic E-state index is 11.0. The molecule has 14 heavy (non-hydrogen) atoms. The molecule has 0 spiro atoms. The van der Waals surface area contributed by atoms with E-state index in [1.807, 2.05) is 6.92 Å². The number of ketones is 1. The lowest BCUT2D eigenvalue weighted by Gasteiger charge is -2.00. The highest BCUT2D eigenvalue weighted by Gasteiger charge is 1.97. The molecule has 0 aromatic carbocycles. The second-order valence-corrected chi connectivity index (χ2v) is 4.12. The molecule has 0 atom stereocenters. The number of rotatable bonds is 10. The fourth-order valence-electron chi connectivity index (χ4n) is 1.63. The minimum Gasteiger partial charge on any atom is -0.300 e. The maximum atomic E-state index is 11.0. The predicted molar refractivity (Wildman–Crippen MR) is 62.5 cm³/mol. The van der Waals surface area contributed by atoms with Crippen molar-refractivity contribution in [2.24, 2.45) is 0 Å². The fourth-order valence-corrected chi connectivity index (χ4v) is 1.63. The Bertz CT molecular complexity index is 129. The van der Waals surface area contributed by atoms with Crippen LogP contribution >= 0.6 is 0 Å². The Kier molecular flexibility index (Phi) is 10.5. The third-order valence-electron chi connectivity index (χ3n) is 2.70. The van der Waals surface area contributed by atoms with Gasteiger partial charge in [-0.1, -0.05) is 58.8 Å². The first-order valence-electron chi connectivity index (χ1n) is 6.33. The normalized spacial score (nSPS) is 10.4.